The van der Waals surface area contributed by atoms with Crippen LogP contribution in [0.2, 0.25) is 0 Å². The maximum absolute atomic E-state index is 6.71. The molecule has 4 nitrogen and oxygen atoms in total. The van der Waals surface area contributed by atoms with Crippen LogP contribution in [0.4, 0.5) is 0 Å². The Labute approximate surface area is 327 Å². The summed E-state index contributed by atoms with van der Waals surface area (Å²) in [5, 5.41) is 4.63. The topological polar surface area (TPSA) is 51.8 Å². The van der Waals surface area contributed by atoms with E-state index in [4.69, 9.17) is 19.4 Å². The molecule has 262 valence electrons. The maximum Gasteiger partial charge on any atom is 0.164 e. The average Bonchev–Trinajstić information content (AvgIpc) is 3.85. The van der Waals surface area contributed by atoms with Gasteiger partial charge in [-0.05, 0) is 52.1 Å². The van der Waals surface area contributed by atoms with Gasteiger partial charge in [0.25, 0.3) is 0 Å². The predicted octanol–water partition coefficient (Wildman–Crippen LogP) is 14.1. The molecule has 0 atom stereocenters. The Bertz CT molecular complexity index is 3230. The molecule has 0 aliphatic heterocycles. The normalized spacial score (nSPS) is 11.6. The van der Waals surface area contributed by atoms with E-state index in [1.54, 1.807) is 0 Å². The van der Waals surface area contributed by atoms with Crippen molar-refractivity contribution in [2.75, 3.05) is 0 Å². The number of furan rings is 1. The molecule has 11 rings (SSSR count). The zero-order valence-electron chi connectivity index (χ0n) is 30.1. The van der Waals surface area contributed by atoms with E-state index in [-0.39, 0.29) is 0 Å². The molecule has 56 heavy (non-hydrogen) atoms. The van der Waals surface area contributed by atoms with Gasteiger partial charge in [0.05, 0.1) is 0 Å². The van der Waals surface area contributed by atoms with Crippen LogP contribution in [0, 0.1) is 0 Å². The second kappa shape index (κ2) is 13.3. The minimum atomic E-state index is 0.578. The Morgan fingerprint density at radius 2 is 0.893 bits per heavy atom. The van der Waals surface area contributed by atoms with E-state index in [2.05, 4.69) is 140 Å². The minimum absolute atomic E-state index is 0.578. The lowest BCUT2D eigenvalue weighted by Crippen LogP contribution is -2.00. The number of aromatic nitrogens is 3. The first-order valence-corrected chi connectivity index (χ1v) is 19.5. The summed E-state index contributed by atoms with van der Waals surface area (Å²) in [6.07, 6.45) is 0. The molecule has 0 bridgehead atoms. The lowest BCUT2D eigenvalue weighted by Gasteiger charge is -2.15. The van der Waals surface area contributed by atoms with Crippen molar-refractivity contribution in [1.29, 1.82) is 0 Å². The van der Waals surface area contributed by atoms with Crippen LogP contribution in [0.5, 0.6) is 0 Å². The van der Waals surface area contributed by atoms with Crippen LogP contribution in [0.3, 0.4) is 0 Å². The number of hydrogen-bond acceptors (Lipinski definition) is 5. The SMILES string of the molecule is c1ccc(-c2ccc(-c3nc(-c4ccccc4)nc(-c4cc(-c5c(-c6ccccc6)ccc6c5sc5ccccc56)c5c(c4)oc4ccccc45)n3)cc2)cc1. The molecule has 0 saturated carbocycles. The second-order valence-electron chi connectivity index (χ2n) is 13.9. The van der Waals surface area contributed by atoms with Crippen molar-refractivity contribution in [3.63, 3.8) is 0 Å². The highest BCUT2D eigenvalue weighted by atomic mass is 32.1. The van der Waals surface area contributed by atoms with Gasteiger partial charge in [-0.3, -0.25) is 0 Å². The molecule has 0 N–H and O–H groups in total. The highest BCUT2D eigenvalue weighted by Crippen LogP contribution is 2.49. The van der Waals surface area contributed by atoms with Crippen LogP contribution in [0.15, 0.2) is 192 Å². The number of para-hydroxylation sites is 1. The zero-order valence-corrected chi connectivity index (χ0v) is 30.9. The highest BCUT2D eigenvalue weighted by molar-refractivity contribution is 7.26. The largest absolute Gasteiger partial charge is 0.456 e. The second-order valence-corrected chi connectivity index (χ2v) is 15.0. The van der Waals surface area contributed by atoms with Gasteiger partial charge in [0.15, 0.2) is 17.5 Å². The van der Waals surface area contributed by atoms with E-state index in [0.717, 1.165) is 66.4 Å². The minimum Gasteiger partial charge on any atom is -0.456 e. The number of thiophene rings is 1. The quantitative estimate of drug-likeness (QED) is 0.171. The third-order valence-corrected chi connectivity index (χ3v) is 11.8. The number of benzene rings is 8. The number of fused-ring (bicyclic) bond motifs is 6. The van der Waals surface area contributed by atoms with Crippen molar-refractivity contribution in [2.24, 2.45) is 0 Å². The molecule has 0 amide bonds. The van der Waals surface area contributed by atoms with Gasteiger partial charge in [0.2, 0.25) is 0 Å². The molecule has 3 aromatic heterocycles. The van der Waals surface area contributed by atoms with Crippen LogP contribution in [0.1, 0.15) is 0 Å². The van der Waals surface area contributed by atoms with Gasteiger partial charge in [0.1, 0.15) is 11.2 Å². The van der Waals surface area contributed by atoms with Crippen LogP contribution < -0.4 is 0 Å². The molecule has 11 aromatic rings. The Hall–Kier alpha value is -7.21. The molecular formula is C51H31N3OS. The monoisotopic (exact) mass is 733 g/mol. The third kappa shape index (κ3) is 5.48. The van der Waals surface area contributed by atoms with E-state index in [0.29, 0.717) is 17.5 Å². The van der Waals surface area contributed by atoms with Gasteiger partial charge in [-0.2, -0.15) is 0 Å². The Balaban J connectivity index is 1.19. The van der Waals surface area contributed by atoms with E-state index in [1.165, 1.54) is 25.7 Å². The van der Waals surface area contributed by atoms with Gasteiger partial charge >= 0.3 is 0 Å². The Kier molecular flexibility index (Phi) is 7.64. The molecule has 0 fully saturated rings. The van der Waals surface area contributed by atoms with Crippen molar-refractivity contribution in [2.45, 2.75) is 0 Å². The first kappa shape index (κ1) is 32.2. The van der Waals surface area contributed by atoms with Crippen molar-refractivity contribution in [3.05, 3.63) is 188 Å². The Morgan fingerprint density at radius 3 is 1.61 bits per heavy atom. The fraction of sp³-hybridized carbons (Fsp3) is 0. The smallest absolute Gasteiger partial charge is 0.164 e. The predicted molar refractivity (Wildman–Crippen MR) is 233 cm³/mol. The van der Waals surface area contributed by atoms with Gasteiger partial charge in [0, 0.05) is 53.2 Å². The number of rotatable bonds is 6. The van der Waals surface area contributed by atoms with Crippen LogP contribution >= 0.6 is 11.3 Å². The van der Waals surface area contributed by atoms with E-state index in [1.807, 2.05) is 59.9 Å². The molecule has 5 heteroatoms. The molecule has 0 radical (unpaired) electrons. The molecular weight excluding hydrogens is 703 g/mol. The fourth-order valence-corrected chi connectivity index (χ4v) is 9.15. The van der Waals surface area contributed by atoms with E-state index < -0.39 is 0 Å². The van der Waals surface area contributed by atoms with Crippen LogP contribution in [-0.2, 0) is 0 Å². The summed E-state index contributed by atoms with van der Waals surface area (Å²) in [6.45, 7) is 0. The molecule has 0 unspecified atom stereocenters. The standard InChI is InChI=1S/C51H31N3OS/c1-4-14-32(15-5-1)33-24-26-36(27-25-33)50-52-49(35-18-8-3-9-19-35)53-51(54-50)37-30-42(46-41-21-10-12-22-43(41)55-44(46)31-37)47-38(34-16-6-2-7-17-34)28-29-40-39-20-11-13-23-45(39)56-48(40)47/h1-31H. The maximum atomic E-state index is 6.71. The molecule has 3 heterocycles. The Morgan fingerprint density at radius 1 is 0.357 bits per heavy atom. The zero-order chi connectivity index (χ0) is 37.0. The van der Waals surface area contributed by atoms with Crippen LogP contribution in [-0.4, -0.2) is 15.0 Å². The van der Waals surface area contributed by atoms with Gasteiger partial charge in [-0.15, -0.1) is 11.3 Å². The fourth-order valence-electron chi connectivity index (χ4n) is 7.89. The van der Waals surface area contributed by atoms with Crippen LogP contribution in [0.25, 0.3) is 110 Å². The van der Waals surface area contributed by atoms with Gasteiger partial charge < -0.3 is 4.42 Å². The molecule has 0 aliphatic carbocycles. The summed E-state index contributed by atoms with van der Waals surface area (Å²) in [6, 6.07) is 65.6. The summed E-state index contributed by atoms with van der Waals surface area (Å²) in [7, 11) is 0. The molecule has 0 spiro atoms. The summed E-state index contributed by atoms with van der Waals surface area (Å²) in [5.41, 5.74) is 11.2. The summed E-state index contributed by atoms with van der Waals surface area (Å²) < 4.78 is 9.20. The molecule has 0 aliphatic rings. The van der Waals surface area contributed by atoms with Gasteiger partial charge in [-0.25, -0.2) is 15.0 Å². The number of hydrogen-bond donors (Lipinski definition) is 0. The first-order chi connectivity index (χ1) is 27.7. The van der Waals surface area contributed by atoms with Gasteiger partial charge in [-0.1, -0.05) is 164 Å². The van der Waals surface area contributed by atoms with E-state index >= 15 is 0 Å². The van der Waals surface area contributed by atoms with Crippen molar-refractivity contribution >= 4 is 53.4 Å². The average molecular weight is 734 g/mol. The molecule has 0 saturated heterocycles. The summed E-state index contributed by atoms with van der Waals surface area (Å²) >= 11 is 1.84. The lowest BCUT2D eigenvalue weighted by atomic mass is 9.89. The van der Waals surface area contributed by atoms with Crippen molar-refractivity contribution in [1.82, 2.24) is 15.0 Å². The first-order valence-electron chi connectivity index (χ1n) is 18.7. The van der Waals surface area contributed by atoms with Crippen molar-refractivity contribution in [3.8, 4) is 67.5 Å². The third-order valence-electron chi connectivity index (χ3n) is 10.6. The van der Waals surface area contributed by atoms with Crippen molar-refractivity contribution < 1.29 is 4.42 Å². The number of nitrogens with zero attached hydrogens (tertiary/aromatic N) is 3. The summed E-state index contributed by atoms with van der Waals surface area (Å²) in [5.74, 6) is 1.80. The lowest BCUT2D eigenvalue weighted by molar-refractivity contribution is 0.669. The van der Waals surface area contributed by atoms with E-state index in [9.17, 15) is 0 Å². The summed E-state index contributed by atoms with van der Waals surface area (Å²) in [4.78, 5) is 15.4. The highest BCUT2D eigenvalue weighted by Gasteiger charge is 2.23. The molecule has 8 aromatic carbocycles.